The first-order chi connectivity index (χ1) is 6.39. The van der Waals surface area contributed by atoms with E-state index in [1.54, 1.807) is 0 Å². The SMILES string of the molecule is CC1CCC2(C)C(C)C(=O)OC2(O)C1. The quantitative estimate of drug-likeness (QED) is 0.602. The molecule has 0 bridgehead atoms. The van der Waals surface area contributed by atoms with Crippen LogP contribution in [0.15, 0.2) is 0 Å². The van der Waals surface area contributed by atoms with Crippen molar-refractivity contribution < 1.29 is 14.6 Å². The molecule has 1 aliphatic heterocycles. The number of ether oxygens (including phenoxy) is 1. The van der Waals surface area contributed by atoms with Crippen LogP contribution in [-0.2, 0) is 9.53 Å². The molecule has 1 N–H and O–H groups in total. The van der Waals surface area contributed by atoms with Crippen LogP contribution in [0.1, 0.15) is 40.0 Å². The van der Waals surface area contributed by atoms with Crippen molar-refractivity contribution >= 4 is 5.97 Å². The normalized spacial score (nSPS) is 52.7. The number of carbonyl (C=O) groups is 1. The average Bonchev–Trinajstić information content (AvgIpc) is 2.25. The minimum Gasteiger partial charge on any atom is -0.432 e. The molecule has 0 aromatic rings. The van der Waals surface area contributed by atoms with E-state index in [1.165, 1.54) is 0 Å². The summed E-state index contributed by atoms with van der Waals surface area (Å²) >= 11 is 0. The van der Waals surface area contributed by atoms with Gasteiger partial charge in [-0.2, -0.15) is 0 Å². The van der Waals surface area contributed by atoms with E-state index in [0.29, 0.717) is 12.3 Å². The second-order valence-corrected chi connectivity index (χ2v) is 5.19. The van der Waals surface area contributed by atoms with Gasteiger partial charge in [-0.05, 0) is 18.8 Å². The smallest absolute Gasteiger partial charge is 0.311 e. The first-order valence-electron chi connectivity index (χ1n) is 5.34. The monoisotopic (exact) mass is 198 g/mol. The number of esters is 1. The first kappa shape index (κ1) is 9.97. The molecule has 2 rings (SSSR count). The molecular weight excluding hydrogens is 180 g/mol. The van der Waals surface area contributed by atoms with Gasteiger partial charge in [-0.3, -0.25) is 4.79 Å². The topological polar surface area (TPSA) is 46.5 Å². The fourth-order valence-corrected chi connectivity index (χ4v) is 2.78. The lowest BCUT2D eigenvalue weighted by Gasteiger charge is -2.44. The Balaban J connectivity index is 2.36. The Morgan fingerprint density at radius 2 is 2.14 bits per heavy atom. The molecule has 3 nitrogen and oxygen atoms in total. The van der Waals surface area contributed by atoms with Gasteiger partial charge in [0.2, 0.25) is 5.79 Å². The zero-order valence-electron chi connectivity index (χ0n) is 9.04. The zero-order valence-corrected chi connectivity index (χ0v) is 9.04. The van der Waals surface area contributed by atoms with E-state index in [0.717, 1.165) is 12.8 Å². The van der Waals surface area contributed by atoms with E-state index in [4.69, 9.17) is 4.74 Å². The van der Waals surface area contributed by atoms with Crippen molar-refractivity contribution in [1.29, 1.82) is 0 Å². The Kier molecular flexibility index (Phi) is 1.94. The number of carbonyl (C=O) groups excluding carboxylic acids is 1. The Labute approximate surface area is 84.4 Å². The Bertz CT molecular complexity index is 276. The van der Waals surface area contributed by atoms with Crippen LogP contribution in [0.5, 0.6) is 0 Å². The predicted molar refractivity (Wildman–Crippen MR) is 51.3 cm³/mol. The van der Waals surface area contributed by atoms with E-state index in [-0.39, 0.29) is 17.3 Å². The molecule has 14 heavy (non-hydrogen) atoms. The molecule has 1 saturated heterocycles. The molecule has 1 saturated carbocycles. The third-order valence-electron chi connectivity index (χ3n) is 4.25. The van der Waals surface area contributed by atoms with E-state index < -0.39 is 5.79 Å². The third kappa shape index (κ3) is 1.05. The molecule has 0 radical (unpaired) electrons. The maximum atomic E-state index is 11.5. The zero-order chi connectivity index (χ0) is 10.6. The van der Waals surface area contributed by atoms with Gasteiger partial charge < -0.3 is 9.84 Å². The summed E-state index contributed by atoms with van der Waals surface area (Å²) < 4.78 is 5.16. The molecule has 0 aromatic heterocycles. The van der Waals surface area contributed by atoms with Crippen molar-refractivity contribution in [3.63, 3.8) is 0 Å². The fraction of sp³-hybridized carbons (Fsp3) is 0.909. The van der Waals surface area contributed by atoms with Crippen LogP contribution in [0.4, 0.5) is 0 Å². The molecule has 0 spiro atoms. The van der Waals surface area contributed by atoms with Crippen LogP contribution in [0.3, 0.4) is 0 Å². The minimum atomic E-state index is -1.21. The van der Waals surface area contributed by atoms with Crippen molar-refractivity contribution in [3.8, 4) is 0 Å². The molecule has 2 fully saturated rings. The number of hydrogen-bond donors (Lipinski definition) is 1. The van der Waals surface area contributed by atoms with Crippen molar-refractivity contribution in [3.05, 3.63) is 0 Å². The fourth-order valence-electron chi connectivity index (χ4n) is 2.78. The van der Waals surface area contributed by atoms with Gasteiger partial charge in [0.25, 0.3) is 0 Å². The van der Waals surface area contributed by atoms with Gasteiger partial charge in [0.1, 0.15) is 0 Å². The molecule has 80 valence electrons. The highest BCUT2D eigenvalue weighted by Crippen LogP contribution is 2.55. The van der Waals surface area contributed by atoms with Gasteiger partial charge in [-0.15, -0.1) is 0 Å². The van der Waals surface area contributed by atoms with Gasteiger partial charge in [0, 0.05) is 11.8 Å². The lowest BCUT2D eigenvalue weighted by molar-refractivity contribution is -0.245. The highest BCUT2D eigenvalue weighted by Gasteiger charge is 2.63. The van der Waals surface area contributed by atoms with Crippen molar-refractivity contribution in [2.45, 2.75) is 45.8 Å². The van der Waals surface area contributed by atoms with Gasteiger partial charge in [0.05, 0.1) is 5.92 Å². The lowest BCUT2D eigenvalue weighted by atomic mass is 9.63. The molecule has 3 heteroatoms. The minimum absolute atomic E-state index is 0.181. The summed E-state index contributed by atoms with van der Waals surface area (Å²) in [6.07, 6.45) is 2.52. The standard InChI is InChI=1S/C11H18O3/c1-7-4-5-10(3)8(2)9(12)14-11(10,13)6-7/h7-8,13H,4-6H2,1-3H3. The highest BCUT2D eigenvalue weighted by atomic mass is 16.7. The van der Waals surface area contributed by atoms with Crippen LogP contribution in [0, 0.1) is 17.3 Å². The summed E-state index contributed by atoms with van der Waals surface area (Å²) in [5.74, 6) is -1.20. The maximum absolute atomic E-state index is 11.5. The highest BCUT2D eigenvalue weighted by molar-refractivity contribution is 5.76. The van der Waals surface area contributed by atoms with E-state index in [9.17, 15) is 9.90 Å². The van der Waals surface area contributed by atoms with Gasteiger partial charge in [0.15, 0.2) is 0 Å². The maximum Gasteiger partial charge on any atom is 0.311 e. The molecule has 0 amide bonds. The molecular formula is C11H18O3. The van der Waals surface area contributed by atoms with Crippen molar-refractivity contribution in [2.75, 3.05) is 0 Å². The van der Waals surface area contributed by atoms with Crippen LogP contribution in [0.2, 0.25) is 0 Å². The van der Waals surface area contributed by atoms with Gasteiger partial charge in [-0.1, -0.05) is 20.8 Å². The summed E-state index contributed by atoms with van der Waals surface area (Å²) in [7, 11) is 0. The van der Waals surface area contributed by atoms with Crippen LogP contribution in [-0.4, -0.2) is 16.9 Å². The van der Waals surface area contributed by atoms with Gasteiger partial charge >= 0.3 is 5.97 Å². The summed E-state index contributed by atoms with van der Waals surface area (Å²) in [6, 6.07) is 0. The van der Waals surface area contributed by atoms with E-state index >= 15 is 0 Å². The van der Waals surface area contributed by atoms with Crippen LogP contribution >= 0.6 is 0 Å². The number of aliphatic hydroxyl groups is 1. The van der Waals surface area contributed by atoms with Crippen molar-refractivity contribution in [1.82, 2.24) is 0 Å². The second kappa shape index (κ2) is 2.72. The lowest BCUT2D eigenvalue weighted by Crippen LogP contribution is -2.49. The Hall–Kier alpha value is -0.570. The second-order valence-electron chi connectivity index (χ2n) is 5.19. The van der Waals surface area contributed by atoms with Crippen LogP contribution in [0.25, 0.3) is 0 Å². The number of hydrogen-bond acceptors (Lipinski definition) is 3. The largest absolute Gasteiger partial charge is 0.432 e. The molecule has 4 atom stereocenters. The molecule has 0 aromatic carbocycles. The molecule has 1 aliphatic carbocycles. The van der Waals surface area contributed by atoms with E-state index in [2.05, 4.69) is 6.92 Å². The molecule has 2 aliphatic rings. The van der Waals surface area contributed by atoms with Crippen LogP contribution < -0.4 is 0 Å². The Morgan fingerprint density at radius 3 is 2.79 bits per heavy atom. The summed E-state index contributed by atoms with van der Waals surface area (Å²) in [6.45, 7) is 5.92. The number of rotatable bonds is 0. The summed E-state index contributed by atoms with van der Waals surface area (Å²) in [5, 5.41) is 10.3. The first-order valence-corrected chi connectivity index (χ1v) is 5.34. The predicted octanol–water partition coefficient (Wildman–Crippen LogP) is 1.69. The van der Waals surface area contributed by atoms with Gasteiger partial charge in [-0.25, -0.2) is 0 Å². The third-order valence-corrected chi connectivity index (χ3v) is 4.25. The average molecular weight is 198 g/mol. The molecule has 1 heterocycles. The van der Waals surface area contributed by atoms with E-state index in [1.807, 2.05) is 13.8 Å². The summed E-state index contributed by atoms with van der Waals surface area (Å²) in [5.41, 5.74) is -0.378. The summed E-state index contributed by atoms with van der Waals surface area (Å²) in [4.78, 5) is 11.5. The molecule has 4 unspecified atom stereocenters. The Morgan fingerprint density at radius 1 is 1.50 bits per heavy atom. The van der Waals surface area contributed by atoms with Crippen molar-refractivity contribution in [2.24, 2.45) is 17.3 Å². The number of fused-ring (bicyclic) bond motifs is 1.